The number of ether oxygens (including phenoxy) is 1. The zero-order chi connectivity index (χ0) is 14.7. The molecule has 2 aliphatic heterocycles. The van der Waals surface area contributed by atoms with Crippen molar-refractivity contribution in [3.05, 3.63) is 24.5 Å². The van der Waals surface area contributed by atoms with Crippen LogP contribution >= 0.6 is 0 Å². The molecule has 3 heterocycles. The van der Waals surface area contributed by atoms with Gasteiger partial charge in [0.2, 0.25) is 0 Å². The van der Waals surface area contributed by atoms with Crippen LogP contribution in [0.3, 0.4) is 0 Å². The molecule has 5 nitrogen and oxygen atoms in total. The number of hydrogen-bond acceptors (Lipinski definition) is 4. The molecule has 3 rings (SSSR count). The minimum Gasteiger partial charge on any atom is -0.482 e. The average molecular weight is 289 g/mol. The molecule has 21 heavy (non-hydrogen) atoms. The third-order valence-electron chi connectivity index (χ3n) is 4.64. The SMILES string of the molecule is CN1CCC[C@H]1[C@@H]1CCCN1C(=O)COc1cccnc1. The number of rotatable bonds is 4. The third kappa shape index (κ3) is 3.18. The molecule has 5 heteroatoms. The van der Waals surface area contributed by atoms with Crippen LogP contribution in [0.4, 0.5) is 0 Å². The van der Waals surface area contributed by atoms with E-state index < -0.39 is 0 Å². The molecule has 1 amide bonds. The second kappa shape index (κ2) is 6.43. The molecule has 0 aliphatic carbocycles. The van der Waals surface area contributed by atoms with Crippen LogP contribution in [-0.2, 0) is 4.79 Å². The van der Waals surface area contributed by atoms with Crippen LogP contribution in [0.2, 0.25) is 0 Å². The summed E-state index contributed by atoms with van der Waals surface area (Å²) in [4.78, 5) is 20.9. The number of carbonyl (C=O) groups is 1. The number of nitrogens with zero attached hydrogens (tertiary/aromatic N) is 3. The van der Waals surface area contributed by atoms with E-state index in [2.05, 4.69) is 16.9 Å². The Bertz CT molecular complexity index is 480. The highest BCUT2D eigenvalue weighted by Crippen LogP contribution is 2.29. The molecule has 2 saturated heterocycles. The Kier molecular flexibility index (Phi) is 4.39. The zero-order valence-electron chi connectivity index (χ0n) is 12.6. The van der Waals surface area contributed by atoms with E-state index in [9.17, 15) is 4.79 Å². The maximum Gasteiger partial charge on any atom is 0.260 e. The van der Waals surface area contributed by atoms with Gasteiger partial charge in [-0.25, -0.2) is 0 Å². The van der Waals surface area contributed by atoms with Gasteiger partial charge in [0.25, 0.3) is 5.91 Å². The Morgan fingerprint density at radius 2 is 2.14 bits per heavy atom. The number of amides is 1. The number of likely N-dealkylation sites (tertiary alicyclic amines) is 2. The number of carbonyl (C=O) groups excluding carboxylic acids is 1. The highest BCUT2D eigenvalue weighted by Gasteiger charge is 2.38. The maximum absolute atomic E-state index is 12.5. The van der Waals surface area contributed by atoms with Gasteiger partial charge in [-0.1, -0.05) is 0 Å². The van der Waals surface area contributed by atoms with Gasteiger partial charge in [0.15, 0.2) is 6.61 Å². The van der Waals surface area contributed by atoms with Crippen LogP contribution in [0.15, 0.2) is 24.5 Å². The summed E-state index contributed by atoms with van der Waals surface area (Å²) < 4.78 is 5.55. The van der Waals surface area contributed by atoms with Gasteiger partial charge in [-0.15, -0.1) is 0 Å². The lowest BCUT2D eigenvalue weighted by Crippen LogP contribution is -2.48. The Morgan fingerprint density at radius 3 is 2.86 bits per heavy atom. The average Bonchev–Trinajstić information content (AvgIpc) is 3.14. The molecule has 0 unspecified atom stereocenters. The lowest BCUT2D eigenvalue weighted by Gasteiger charge is -2.33. The van der Waals surface area contributed by atoms with Crippen molar-refractivity contribution in [2.45, 2.75) is 37.8 Å². The first-order chi connectivity index (χ1) is 10.3. The number of hydrogen-bond donors (Lipinski definition) is 0. The van der Waals surface area contributed by atoms with Gasteiger partial charge in [-0.2, -0.15) is 0 Å². The molecule has 0 radical (unpaired) electrons. The zero-order valence-corrected chi connectivity index (χ0v) is 12.6. The van der Waals surface area contributed by atoms with Gasteiger partial charge in [0, 0.05) is 24.8 Å². The summed E-state index contributed by atoms with van der Waals surface area (Å²) in [6.07, 6.45) is 8.00. The van der Waals surface area contributed by atoms with Crippen LogP contribution in [0, 0.1) is 0 Å². The van der Waals surface area contributed by atoms with Gasteiger partial charge in [0.1, 0.15) is 5.75 Å². The van der Waals surface area contributed by atoms with Crippen molar-refractivity contribution < 1.29 is 9.53 Å². The van der Waals surface area contributed by atoms with Crippen LogP contribution < -0.4 is 4.74 Å². The predicted octanol–water partition coefficient (Wildman–Crippen LogP) is 1.55. The Hall–Kier alpha value is -1.62. The number of aromatic nitrogens is 1. The van der Waals surface area contributed by atoms with Crippen LogP contribution in [0.1, 0.15) is 25.7 Å². The van der Waals surface area contributed by atoms with Gasteiger partial charge < -0.3 is 14.5 Å². The van der Waals surface area contributed by atoms with Crippen molar-refractivity contribution in [2.75, 3.05) is 26.7 Å². The van der Waals surface area contributed by atoms with Crippen molar-refractivity contribution in [2.24, 2.45) is 0 Å². The van der Waals surface area contributed by atoms with E-state index in [1.807, 2.05) is 17.0 Å². The number of pyridine rings is 1. The summed E-state index contributed by atoms with van der Waals surface area (Å²) in [6.45, 7) is 2.12. The largest absolute Gasteiger partial charge is 0.482 e. The highest BCUT2D eigenvalue weighted by atomic mass is 16.5. The van der Waals surface area contributed by atoms with Crippen molar-refractivity contribution in [1.29, 1.82) is 0 Å². The first-order valence-electron chi connectivity index (χ1n) is 7.78. The number of likely N-dealkylation sites (N-methyl/N-ethyl adjacent to an activating group) is 1. The molecule has 114 valence electrons. The molecule has 0 spiro atoms. The quantitative estimate of drug-likeness (QED) is 0.843. The van der Waals surface area contributed by atoms with E-state index in [-0.39, 0.29) is 12.5 Å². The summed E-state index contributed by atoms with van der Waals surface area (Å²) in [5.74, 6) is 0.751. The van der Waals surface area contributed by atoms with Crippen LogP contribution in [-0.4, -0.2) is 59.5 Å². The molecule has 1 aromatic heterocycles. The smallest absolute Gasteiger partial charge is 0.260 e. The van der Waals surface area contributed by atoms with Gasteiger partial charge in [0.05, 0.1) is 6.20 Å². The van der Waals surface area contributed by atoms with Gasteiger partial charge >= 0.3 is 0 Å². The van der Waals surface area contributed by atoms with E-state index in [1.54, 1.807) is 12.4 Å². The minimum absolute atomic E-state index is 0.0988. The minimum atomic E-state index is 0.0988. The van der Waals surface area contributed by atoms with Crippen LogP contribution in [0.5, 0.6) is 5.75 Å². The first-order valence-corrected chi connectivity index (χ1v) is 7.78. The van der Waals surface area contributed by atoms with Crippen molar-refractivity contribution in [1.82, 2.24) is 14.8 Å². The monoisotopic (exact) mass is 289 g/mol. The van der Waals surface area contributed by atoms with E-state index in [4.69, 9.17) is 4.74 Å². The van der Waals surface area contributed by atoms with Gasteiger partial charge in [-0.05, 0) is 51.4 Å². The molecule has 0 N–H and O–H groups in total. The van der Waals surface area contributed by atoms with E-state index in [1.165, 1.54) is 12.8 Å². The summed E-state index contributed by atoms with van der Waals surface area (Å²) in [7, 11) is 2.17. The fourth-order valence-electron chi connectivity index (χ4n) is 3.58. The second-order valence-electron chi connectivity index (χ2n) is 5.96. The Labute approximate surface area is 125 Å². The van der Waals surface area contributed by atoms with Crippen molar-refractivity contribution >= 4 is 5.91 Å². The fraction of sp³-hybridized carbons (Fsp3) is 0.625. The lowest BCUT2D eigenvalue weighted by atomic mass is 10.0. The predicted molar refractivity (Wildman–Crippen MR) is 80.1 cm³/mol. The molecule has 2 aliphatic rings. The van der Waals surface area contributed by atoms with E-state index in [0.29, 0.717) is 17.8 Å². The molecular formula is C16H23N3O2. The molecule has 2 fully saturated rings. The lowest BCUT2D eigenvalue weighted by molar-refractivity contribution is -0.135. The molecule has 0 aromatic carbocycles. The summed E-state index contributed by atoms with van der Waals surface area (Å²) in [5.41, 5.74) is 0. The van der Waals surface area contributed by atoms with Gasteiger partial charge in [-0.3, -0.25) is 9.78 Å². The summed E-state index contributed by atoms with van der Waals surface area (Å²) >= 11 is 0. The Morgan fingerprint density at radius 1 is 1.33 bits per heavy atom. The summed E-state index contributed by atoms with van der Waals surface area (Å²) in [6, 6.07) is 4.52. The normalized spacial score (nSPS) is 26.2. The maximum atomic E-state index is 12.5. The van der Waals surface area contributed by atoms with Crippen LogP contribution in [0.25, 0.3) is 0 Å². The third-order valence-corrected chi connectivity index (χ3v) is 4.64. The van der Waals surface area contributed by atoms with E-state index >= 15 is 0 Å². The highest BCUT2D eigenvalue weighted by molar-refractivity contribution is 5.78. The first kappa shape index (κ1) is 14.3. The topological polar surface area (TPSA) is 45.7 Å². The molecule has 0 bridgehead atoms. The van der Waals surface area contributed by atoms with Crippen molar-refractivity contribution in [3.8, 4) is 5.75 Å². The molecular weight excluding hydrogens is 266 g/mol. The van der Waals surface area contributed by atoms with Crippen molar-refractivity contribution in [3.63, 3.8) is 0 Å². The Balaban J connectivity index is 1.58. The molecule has 1 aromatic rings. The van der Waals surface area contributed by atoms with E-state index in [0.717, 1.165) is 25.9 Å². The standard InChI is InChI=1S/C16H23N3O2/c1-18-9-3-6-14(18)15-7-4-10-19(15)16(20)12-21-13-5-2-8-17-11-13/h2,5,8,11,14-15H,3-4,6-7,9-10,12H2,1H3/t14-,15-/m0/s1. The molecule has 0 saturated carbocycles. The molecule has 2 atom stereocenters. The fourth-order valence-corrected chi connectivity index (χ4v) is 3.58. The second-order valence-corrected chi connectivity index (χ2v) is 5.96. The summed E-state index contributed by atoms with van der Waals surface area (Å²) in [5, 5.41) is 0.